The molecule has 34 heavy (non-hydrogen) atoms. The molecular weight excluding hydrogens is 448 g/mol. The first-order valence-corrected chi connectivity index (χ1v) is 11.4. The fraction of sp³-hybridized carbons (Fsp3) is 0.214. The van der Waals surface area contributed by atoms with Crippen LogP contribution in [0, 0.1) is 27.7 Å². The van der Waals surface area contributed by atoms with Crippen molar-refractivity contribution in [2.24, 2.45) is 0 Å². The van der Waals surface area contributed by atoms with Gasteiger partial charge in [-0.2, -0.15) is 0 Å². The number of carbonyl (C=O) groups is 2. The van der Waals surface area contributed by atoms with Gasteiger partial charge in [0.15, 0.2) is 0 Å². The van der Waals surface area contributed by atoms with E-state index < -0.39 is 5.97 Å². The summed E-state index contributed by atoms with van der Waals surface area (Å²) in [5, 5.41) is 0.425. The van der Waals surface area contributed by atoms with E-state index in [1.165, 1.54) is 23.1 Å². The monoisotopic (exact) mass is 474 g/mol. The van der Waals surface area contributed by atoms with Crippen LogP contribution in [0.4, 0.5) is 5.69 Å². The van der Waals surface area contributed by atoms with Crippen LogP contribution in [0.25, 0.3) is 11.8 Å². The Kier molecular flexibility index (Phi) is 6.24. The molecule has 4 rings (SSSR count). The first-order chi connectivity index (χ1) is 16.1. The number of amides is 1. The Morgan fingerprint density at radius 1 is 0.971 bits per heavy atom. The zero-order valence-electron chi connectivity index (χ0n) is 20.2. The molecule has 1 amide bonds. The maximum atomic E-state index is 13.6. The van der Waals surface area contributed by atoms with Crippen molar-refractivity contribution in [2.75, 3.05) is 12.0 Å². The second-order valence-electron chi connectivity index (χ2n) is 8.61. The molecule has 1 aliphatic rings. The fourth-order valence-electron chi connectivity index (χ4n) is 4.67. The number of benzene rings is 2. The smallest absolute Gasteiger partial charge is 0.340 e. The number of nitrogens with zero attached hydrogens (tertiary/aromatic N) is 2. The van der Waals surface area contributed by atoms with Crippen LogP contribution in [0.3, 0.4) is 0 Å². The molecule has 0 bridgehead atoms. The molecule has 0 saturated heterocycles. The average Bonchev–Trinajstić information content (AvgIpc) is 3.19. The molecule has 0 radical (unpaired) electrons. The van der Waals surface area contributed by atoms with Gasteiger partial charge in [-0.3, -0.25) is 9.69 Å². The summed E-state index contributed by atoms with van der Waals surface area (Å²) in [6.07, 6.45) is 1.77. The molecule has 0 aliphatic carbocycles. The normalized spacial score (nSPS) is 15.0. The van der Waals surface area contributed by atoms with Gasteiger partial charge in [0, 0.05) is 22.8 Å². The summed E-state index contributed by atoms with van der Waals surface area (Å²) in [5.41, 5.74) is 7.81. The lowest BCUT2D eigenvalue weighted by atomic mass is 10.0. The summed E-state index contributed by atoms with van der Waals surface area (Å²) in [4.78, 5) is 27.8. The van der Waals surface area contributed by atoms with Gasteiger partial charge in [-0.25, -0.2) is 4.79 Å². The predicted molar refractivity (Wildman–Crippen MR) is 136 cm³/mol. The summed E-state index contributed by atoms with van der Waals surface area (Å²) in [7, 11) is 1.31. The first-order valence-electron chi connectivity index (χ1n) is 11.0. The number of ether oxygens (including phenoxy) is 1. The zero-order valence-corrected chi connectivity index (χ0v) is 20.9. The van der Waals surface area contributed by atoms with E-state index in [2.05, 4.69) is 36.6 Å². The van der Waals surface area contributed by atoms with Gasteiger partial charge in [0.2, 0.25) is 0 Å². The Balaban J connectivity index is 1.88. The number of carbonyl (C=O) groups excluding carboxylic acids is 2. The Hall–Kier alpha value is -3.57. The van der Waals surface area contributed by atoms with E-state index in [1.807, 2.05) is 19.9 Å². The van der Waals surface area contributed by atoms with Crippen molar-refractivity contribution in [1.29, 1.82) is 0 Å². The van der Waals surface area contributed by atoms with Gasteiger partial charge in [0.05, 0.1) is 29.0 Å². The second kappa shape index (κ2) is 8.99. The van der Waals surface area contributed by atoms with Crippen molar-refractivity contribution >= 4 is 35.2 Å². The van der Waals surface area contributed by atoms with Crippen molar-refractivity contribution in [3.63, 3.8) is 0 Å². The summed E-state index contributed by atoms with van der Waals surface area (Å²) in [5.74, 6) is -0.878. The molecule has 6 heteroatoms. The number of aromatic nitrogens is 1. The maximum Gasteiger partial charge on any atom is 0.340 e. The largest absolute Gasteiger partial charge is 0.465 e. The minimum absolute atomic E-state index is 0.239. The number of hydrogen-bond acceptors (Lipinski definition) is 3. The van der Waals surface area contributed by atoms with Crippen LogP contribution < -0.4 is 4.90 Å². The van der Waals surface area contributed by atoms with Crippen molar-refractivity contribution in [2.45, 2.75) is 34.6 Å². The van der Waals surface area contributed by atoms with Gasteiger partial charge in [-0.15, -0.1) is 0 Å². The van der Waals surface area contributed by atoms with E-state index in [0.717, 1.165) is 22.6 Å². The van der Waals surface area contributed by atoms with Crippen LogP contribution in [0.2, 0.25) is 5.02 Å². The van der Waals surface area contributed by atoms with Crippen molar-refractivity contribution in [3.8, 4) is 5.69 Å². The Bertz CT molecular complexity index is 1370. The number of rotatable bonds is 4. The van der Waals surface area contributed by atoms with Gasteiger partial charge in [-0.05, 0) is 87.7 Å². The van der Waals surface area contributed by atoms with Gasteiger partial charge in [0.1, 0.15) is 0 Å². The van der Waals surface area contributed by atoms with Gasteiger partial charge in [-0.1, -0.05) is 29.8 Å². The summed E-state index contributed by atoms with van der Waals surface area (Å²) < 4.78 is 7.19. The molecule has 0 saturated carbocycles. The van der Waals surface area contributed by atoms with Gasteiger partial charge >= 0.3 is 5.97 Å². The van der Waals surface area contributed by atoms with Crippen LogP contribution in [0.15, 0.2) is 65.4 Å². The van der Waals surface area contributed by atoms with E-state index in [9.17, 15) is 9.59 Å². The number of hydrogen-bond donors (Lipinski definition) is 0. The molecule has 2 heterocycles. The van der Waals surface area contributed by atoms with E-state index in [0.29, 0.717) is 16.4 Å². The van der Waals surface area contributed by atoms with Crippen LogP contribution in [0.1, 0.15) is 35.0 Å². The molecule has 2 aromatic carbocycles. The van der Waals surface area contributed by atoms with Crippen LogP contribution in [0.5, 0.6) is 0 Å². The maximum absolute atomic E-state index is 13.6. The zero-order chi connectivity index (χ0) is 24.7. The van der Waals surface area contributed by atoms with E-state index in [-0.39, 0.29) is 17.1 Å². The number of para-hydroxylation sites is 1. The lowest BCUT2D eigenvalue weighted by Crippen LogP contribution is -2.24. The third-order valence-corrected chi connectivity index (χ3v) is 6.44. The van der Waals surface area contributed by atoms with Crippen molar-refractivity contribution < 1.29 is 14.3 Å². The van der Waals surface area contributed by atoms with Gasteiger partial charge in [0.25, 0.3) is 5.91 Å². The number of methoxy groups -OCH3 is 1. The summed E-state index contributed by atoms with van der Waals surface area (Å²) >= 11 is 6.39. The summed E-state index contributed by atoms with van der Waals surface area (Å²) in [6, 6.07) is 15.5. The molecule has 0 fully saturated rings. The van der Waals surface area contributed by atoms with E-state index >= 15 is 0 Å². The molecule has 0 N–H and O–H groups in total. The van der Waals surface area contributed by atoms with Crippen LogP contribution in [-0.4, -0.2) is 23.6 Å². The molecule has 1 aromatic heterocycles. The standard InChI is InChI=1S/C28H27ClN2O3/c1-16-11-17(2)13-22(12-16)30-18(3)14-21(19(30)4)15-23-26(28(33)34-6)20(5)31(27(23)32)25-10-8-7-9-24(25)29/h7-15H,1-6H3/b23-15-. The SMILES string of the molecule is COC(=O)C1=C(C)N(c2ccccc2Cl)C(=O)/C1=C\c1cc(C)n(-c2cc(C)cc(C)c2)c1C. The quantitative estimate of drug-likeness (QED) is 0.332. The van der Waals surface area contributed by atoms with Crippen LogP contribution >= 0.6 is 11.6 Å². The highest BCUT2D eigenvalue weighted by molar-refractivity contribution is 6.35. The average molecular weight is 475 g/mol. The molecule has 0 spiro atoms. The number of halogens is 1. The minimum Gasteiger partial charge on any atom is -0.465 e. The molecule has 5 nitrogen and oxygen atoms in total. The number of aryl methyl sites for hydroxylation is 3. The highest BCUT2D eigenvalue weighted by atomic mass is 35.5. The lowest BCUT2D eigenvalue weighted by molar-refractivity contribution is -0.136. The molecule has 1 aliphatic heterocycles. The van der Waals surface area contributed by atoms with E-state index in [4.69, 9.17) is 16.3 Å². The third kappa shape index (κ3) is 3.97. The second-order valence-corrected chi connectivity index (χ2v) is 9.02. The van der Waals surface area contributed by atoms with Crippen LogP contribution in [-0.2, 0) is 14.3 Å². The molecular formula is C28H27ClN2O3. The third-order valence-electron chi connectivity index (χ3n) is 6.12. The highest BCUT2D eigenvalue weighted by Gasteiger charge is 2.38. The Labute approximate surface area is 204 Å². The van der Waals surface area contributed by atoms with E-state index in [1.54, 1.807) is 37.3 Å². The topological polar surface area (TPSA) is 51.5 Å². The predicted octanol–water partition coefficient (Wildman–Crippen LogP) is 6.24. The molecule has 0 atom stereocenters. The van der Waals surface area contributed by atoms with Crippen molar-refractivity contribution in [3.05, 3.63) is 98.5 Å². The number of allylic oxidation sites excluding steroid dienone is 1. The highest BCUT2D eigenvalue weighted by Crippen LogP contribution is 2.39. The minimum atomic E-state index is -0.560. The molecule has 0 unspecified atom stereocenters. The Morgan fingerprint density at radius 2 is 1.62 bits per heavy atom. The Morgan fingerprint density at radius 3 is 2.24 bits per heavy atom. The number of esters is 1. The summed E-state index contributed by atoms with van der Waals surface area (Å²) in [6.45, 7) is 9.92. The molecule has 174 valence electrons. The van der Waals surface area contributed by atoms with Crippen molar-refractivity contribution in [1.82, 2.24) is 4.57 Å². The first kappa shape index (κ1) is 23.6. The van der Waals surface area contributed by atoms with Gasteiger partial charge < -0.3 is 9.30 Å². The molecule has 3 aromatic rings. The number of anilines is 1. The lowest BCUT2D eigenvalue weighted by Gasteiger charge is -2.19. The fourth-order valence-corrected chi connectivity index (χ4v) is 4.89.